The molecule has 40 heavy (non-hydrogen) atoms. The molecule has 0 atom stereocenters. The number of methoxy groups -OCH3 is 2. The lowest BCUT2D eigenvalue weighted by Gasteiger charge is -2.30. The summed E-state index contributed by atoms with van der Waals surface area (Å²) in [5, 5.41) is 0.928. The van der Waals surface area contributed by atoms with Crippen molar-refractivity contribution in [3.05, 3.63) is 81.5 Å². The molecule has 9 heteroatoms. The van der Waals surface area contributed by atoms with Crippen molar-refractivity contribution >= 4 is 29.5 Å². The largest absolute Gasteiger partial charge is 0.496 e. The Morgan fingerprint density at radius 2 is 1.82 bits per heavy atom. The van der Waals surface area contributed by atoms with Crippen molar-refractivity contribution in [1.29, 1.82) is 0 Å². The Bertz CT molecular complexity index is 1550. The fourth-order valence-corrected chi connectivity index (χ4v) is 5.77. The van der Waals surface area contributed by atoms with E-state index in [4.69, 9.17) is 32.7 Å². The van der Waals surface area contributed by atoms with Crippen LogP contribution in [0.3, 0.4) is 0 Å². The summed E-state index contributed by atoms with van der Waals surface area (Å²) >= 11 is 13.9. The lowest BCUT2D eigenvalue weighted by atomic mass is 9.94. The average molecular weight is 580 g/mol. The molecule has 2 aromatic heterocycles. The smallest absolute Gasteiger partial charge is 0.224 e. The molecule has 4 aromatic rings. The number of pyridine rings is 2. The quantitative estimate of drug-likeness (QED) is 0.193. The van der Waals surface area contributed by atoms with Crippen molar-refractivity contribution < 1.29 is 18.7 Å². The molecule has 0 radical (unpaired) electrons. The minimum Gasteiger partial charge on any atom is -0.496 e. The summed E-state index contributed by atoms with van der Waals surface area (Å²) in [6.07, 6.45) is 3.77. The van der Waals surface area contributed by atoms with Crippen molar-refractivity contribution in [2.75, 3.05) is 34.0 Å². The van der Waals surface area contributed by atoms with Crippen LogP contribution in [-0.4, -0.2) is 55.1 Å². The molecule has 0 fully saturated rings. The highest BCUT2D eigenvalue weighted by molar-refractivity contribution is 6.39. The lowest BCUT2D eigenvalue weighted by Crippen LogP contribution is -2.32. The number of hydrogen-bond acceptors (Lipinski definition) is 6. The first-order valence-electron chi connectivity index (χ1n) is 12.9. The van der Waals surface area contributed by atoms with Crippen LogP contribution in [0.1, 0.15) is 27.9 Å². The molecule has 1 aliphatic heterocycles. The number of hydrogen-bond donors (Lipinski definition) is 0. The molecule has 5 rings (SSSR count). The van der Waals surface area contributed by atoms with Gasteiger partial charge in [-0.1, -0.05) is 41.4 Å². The second-order valence-corrected chi connectivity index (χ2v) is 10.2. The number of fused-ring (bicyclic) bond motifs is 1. The number of alkyl halides is 1. The molecule has 2 aromatic carbocycles. The van der Waals surface area contributed by atoms with Crippen LogP contribution in [0.5, 0.6) is 11.6 Å². The Hall–Kier alpha value is -3.52. The minimum absolute atomic E-state index is 0.227. The molecule has 0 bridgehead atoms. The fraction of sp³-hybridized carbons (Fsp3) is 0.258. The van der Waals surface area contributed by atoms with Crippen LogP contribution in [0.25, 0.3) is 33.6 Å². The second-order valence-electron chi connectivity index (χ2n) is 9.49. The van der Waals surface area contributed by atoms with Gasteiger partial charge in [0.2, 0.25) is 5.88 Å². The van der Waals surface area contributed by atoms with E-state index in [2.05, 4.69) is 20.9 Å². The zero-order valence-electron chi connectivity index (χ0n) is 22.2. The number of benzene rings is 2. The molecular weight excluding hydrogens is 552 g/mol. The van der Waals surface area contributed by atoms with Crippen LogP contribution in [0.15, 0.2) is 54.7 Å². The van der Waals surface area contributed by atoms with Gasteiger partial charge in [0, 0.05) is 53.6 Å². The summed E-state index contributed by atoms with van der Waals surface area (Å²) in [6, 6.07) is 14.9. The van der Waals surface area contributed by atoms with E-state index in [0.717, 1.165) is 54.1 Å². The Morgan fingerprint density at radius 3 is 2.58 bits per heavy atom. The van der Waals surface area contributed by atoms with E-state index in [-0.39, 0.29) is 12.6 Å². The Kier molecular flexibility index (Phi) is 8.64. The van der Waals surface area contributed by atoms with E-state index >= 15 is 0 Å². The number of halogens is 3. The first-order valence-corrected chi connectivity index (χ1v) is 13.7. The Balaban J connectivity index is 1.54. The topological polar surface area (TPSA) is 64.5 Å². The molecule has 0 amide bonds. The van der Waals surface area contributed by atoms with Crippen molar-refractivity contribution in [3.8, 4) is 45.3 Å². The van der Waals surface area contributed by atoms with Gasteiger partial charge in [-0.25, -0.2) is 4.98 Å². The lowest BCUT2D eigenvalue weighted by molar-refractivity contribution is 0.112. The molecule has 0 spiro atoms. The van der Waals surface area contributed by atoms with E-state index < -0.39 is 0 Å². The van der Waals surface area contributed by atoms with Crippen molar-refractivity contribution in [2.24, 2.45) is 0 Å². The van der Waals surface area contributed by atoms with Crippen molar-refractivity contribution in [3.63, 3.8) is 0 Å². The molecule has 0 saturated heterocycles. The molecule has 3 heterocycles. The molecule has 1 aliphatic rings. The predicted octanol–water partition coefficient (Wildman–Crippen LogP) is 7.33. The number of carbonyl (C=O) groups is 1. The Morgan fingerprint density at radius 1 is 1.02 bits per heavy atom. The molecule has 0 saturated carbocycles. The fourth-order valence-electron chi connectivity index (χ4n) is 5.13. The zero-order chi connectivity index (χ0) is 28.2. The first kappa shape index (κ1) is 28.0. The molecule has 206 valence electrons. The maximum Gasteiger partial charge on any atom is 0.224 e. The zero-order valence-corrected chi connectivity index (χ0v) is 23.7. The van der Waals surface area contributed by atoms with Crippen LogP contribution in [0.4, 0.5) is 4.39 Å². The van der Waals surface area contributed by atoms with E-state index in [1.165, 1.54) is 12.7 Å². The minimum atomic E-state index is -0.315. The summed E-state index contributed by atoms with van der Waals surface area (Å²) < 4.78 is 23.8. The summed E-state index contributed by atoms with van der Waals surface area (Å²) in [4.78, 5) is 22.7. The number of ether oxygens (including phenoxy) is 2. The molecule has 0 aliphatic carbocycles. The maximum absolute atomic E-state index is 12.7. The van der Waals surface area contributed by atoms with E-state index in [1.54, 1.807) is 25.4 Å². The van der Waals surface area contributed by atoms with Crippen molar-refractivity contribution in [1.82, 2.24) is 14.9 Å². The van der Waals surface area contributed by atoms with Crippen LogP contribution in [0.2, 0.25) is 10.0 Å². The SMILES string of the molecule is COc1cc(-c2nccc(-c3cccc(-c4ccc(C=O)c(OC)n4)c3Cl)c2Cl)cc2c1CN(CCCF)CC2. The highest BCUT2D eigenvalue weighted by Gasteiger charge is 2.23. The summed E-state index contributed by atoms with van der Waals surface area (Å²) in [5.41, 5.74) is 6.81. The third-order valence-electron chi connectivity index (χ3n) is 7.15. The number of nitrogens with zero attached hydrogens (tertiary/aromatic N) is 3. The normalized spacial score (nSPS) is 13.1. The van der Waals surface area contributed by atoms with Gasteiger partial charge in [0.1, 0.15) is 5.75 Å². The summed E-state index contributed by atoms with van der Waals surface area (Å²) in [6.45, 7) is 1.98. The van der Waals surface area contributed by atoms with Gasteiger partial charge in [0.25, 0.3) is 0 Å². The predicted molar refractivity (Wildman–Crippen MR) is 156 cm³/mol. The van der Waals surface area contributed by atoms with Crippen LogP contribution < -0.4 is 9.47 Å². The van der Waals surface area contributed by atoms with Gasteiger partial charge in [-0.2, -0.15) is 0 Å². The molecule has 0 unspecified atom stereocenters. The average Bonchev–Trinajstić information content (AvgIpc) is 2.99. The highest BCUT2D eigenvalue weighted by Crippen LogP contribution is 2.43. The molecule has 6 nitrogen and oxygen atoms in total. The number of rotatable bonds is 9. The number of aromatic nitrogens is 2. The third-order valence-corrected chi connectivity index (χ3v) is 7.94. The third kappa shape index (κ3) is 5.42. The standard InChI is InChI=1S/C31H28Cl2FN3O3/c1-39-27-16-21(15-19-10-14-37(13-4-11-34)17-25(19)27)30-29(33)23(9-12-35-30)22-5-3-6-24(28(22)32)26-8-7-20(18-38)31(36-26)40-2/h3,5-9,12,15-16,18H,4,10-11,13-14,17H2,1-2H3. The highest BCUT2D eigenvalue weighted by atomic mass is 35.5. The van der Waals surface area contributed by atoms with Crippen LogP contribution in [-0.2, 0) is 13.0 Å². The first-order chi connectivity index (χ1) is 19.5. The van der Waals surface area contributed by atoms with E-state index in [0.29, 0.717) is 45.3 Å². The van der Waals surface area contributed by atoms with Crippen LogP contribution in [0, 0.1) is 0 Å². The van der Waals surface area contributed by atoms with E-state index in [9.17, 15) is 9.18 Å². The summed E-state index contributed by atoms with van der Waals surface area (Å²) in [5.74, 6) is 0.990. The monoisotopic (exact) mass is 579 g/mol. The van der Waals surface area contributed by atoms with Crippen LogP contribution >= 0.6 is 23.2 Å². The van der Waals surface area contributed by atoms with Gasteiger partial charge in [0.15, 0.2) is 6.29 Å². The van der Waals surface area contributed by atoms with Crippen molar-refractivity contribution in [2.45, 2.75) is 19.4 Å². The maximum atomic E-state index is 12.7. The molecule has 0 N–H and O–H groups in total. The van der Waals surface area contributed by atoms with Gasteiger partial charge in [-0.15, -0.1) is 0 Å². The Labute approximate surface area is 242 Å². The van der Waals surface area contributed by atoms with Gasteiger partial charge in [-0.05, 0) is 48.7 Å². The van der Waals surface area contributed by atoms with Gasteiger partial charge >= 0.3 is 0 Å². The number of carbonyl (C=O) groups excluding carboxylic acids is 1. The van der Waals surface area contributed by atoms with E-state index in [1.807, 2.05) is 30.3 Å². The second kappa shape index (κ2) is 12.3. The number of aldehydes is 1. The van der Waals surface area contributed by atoms with Gasteiger partial charge in [0.05, 0.1) is 47.9 Å². The van der Waals surface area contributed by atoms with Gasteiger partial charge < -0.3 is 9.47 Å². The molecular formula is C31H28Cl2FN3O3. The van der Waals surface area contributed by atoms with Gasteiger partial charge in [-0.3, -0.25) is 19.1 Å². The summed E-state index contributed by atoms with van der Waals surface area (Å²) in [7, 11) is 3.12.